The van der Waals surface area contributed by atoms with Crippen LogP contribution in [0.1, 0.15) is 52.4 Å². The lowest BCUT2D eigenvalue weighted by molar-refractivity contribution is -0.127. The fraction of sp³-hybridized carbons (Fsp3) is 0.917. The molecule has 94 valence electrons. The van der Waals surface area contributed by atoms with Gasteiger partial charge in [0.05, 0.1) is 6.04 Å². The maximum atomic E-state index is 11.8. The number of nitrogens with two attached hydrogens (primary N) is 1. The molecule has 1 aliphatic heterocycles. The Morgan fingerprint density at radius 1 is 1.50 bits per heavy atom. The van der Waals surface area contributed by atoms with Crippen LogP contribution in [-0.2, 0) is 4.79 Å². The van der Waals surface area contributed by atoms with Crippen LogP contribution in [-0.4, -0.2) is 29.4 Å². The van der Waals surface area contributed by atoms with E-state index in [-0.39, 0.29) is 11.9 Å². The van der Waals surface area contributed by atoms with Gasteiger partial charge in [0.25, 0.3) is 5.91 Å². The Labute approximate surface area is 98.5 Å². The second-order valence-corrected chi connectivity index (χ2v) is 4.75. The molecule has 1 amide bonds. The molecule has 2 unspecified atom stereocenters. The molecule has 1 saturated heterocycles. The zero-order chi connectivity index (χ0) is 12.0. The number of nitrogens with zero attached hydrogens (tertiary/aromatic N) is 1. The minimum Gasteiger partial charge on any atom is -0.293 e. The van der Waals surface area contributed by atoms with Crippen molar-refractivity contribution in [3.8, 4) is 0 Å². The van der Waals surface area contributed by atoms with Crippen LogP contribution in [0, 0.1) is 0 Å². The Balaban J connectivity index is 2.69. The fourth-order valence-electron chi connectivity index (χ4n) is 2.58. The average molecular weight is 227 g/mol. The van der Waals surface area contributed by atoms with E-state index in [2.05, 4.69) is 24.2 Å². The highest BCUT2D eigenvalue weighted by atomic mass is 16.2. The largest absolute Gasteiger partial charge is 0.293 e. The maximum absolute atomic E-state index is 11.8. The van der Waals surface area contributed by atoms with Gasteiger partial charge in [0.1, 0.15) is 0 Å². The van der Waals surface area contributed by atoms with Crippen molar-refractivity contribution in [2.24, 2.45) is 5.84 Å². The lowest BCUT2D eigenvalue weighted by Crippen LogP contribution is -2.52. The summed E-state index contributed by atoms with van der Waals surface area (Å²) in [4.78, 5) is 14.1. The van der Waals surface area contributed by atoms with Gasteiger partial charge in [-0.25, -0.2) is 5.84 Å². The molecule has 0 aromatic heterocycles. The van der Waals surface area contributed by atoms with E-state index in [1.807, 2.05) is 0 Å². The van der Waals surface area contributed by atoms with E-state index >= 15 is 0 Å². The molecule has 4 heteroatoms. The molecular formula is C12H25N3O. The summed E-state index contributed by atoms with van der Waals surface area (Å²) in [5.74, 6) is 5.24. The van der Waals surface area contributed by atoms with Crippen molar-refractivity contribution >= 4 is 5.91 Å². The normalized spacial score (nSPS) is 24.8. The maximum Gasteiger partial charge on any atom is 0.251 e. The Hall–Kier alpha value is -0.610. The van der Waals surface area contributed by atoms with Gasteiger partial charge in [-0.2, -0.15) is 0 Å². The van der Waals surface area contributed by atoms with Gasteiger partial charge in [0.15, 0.2) is 0 Å². The van der Waals surface area contributed by atoms with Gasteiger partial charge in [-0.15, -0.1) is 0 Å². The molecule has 4 nitrogen and oxygen atoms in total. The molecule has 2 atom stereocenters. The summed E-state index contributed by atoms with van der Waals surface area (Å²) in [7, 11) is 0. The summed E-state index contributed by atoms with van der Waals surface area (Å²) in [6.45, 7) is 5.36. The minimum atomic E-state index is -0.0388. The highest BCUT2D eigenvalue weighted by molar-refractivity contribution is 5.81. The quantitative estimate of drug-likeness (QED) is 0.434. The number of hydrogen-bond donors (Lipinski definition) is 2. The van der Waals surface area contributed by atoms with E-state index in [9.17, 15) is 4.79 Å². The number of hydrazine groups is 1. The van der Waals surface area contributed by atoms with Crippen LogP contribution in [0.4, 0.5) is 0 Å². The molecule has 16 heavy (non-hydrogen) atoms. The molecule has 0 saturated carbocycles. The molecule has 1 heterocycles. The van der Waals surface area contributed by atoms with E-state index in [1.54, 1.807) is 0 Å². The first-order chi connectivity index (χ1) is 7.70. The van der Waals surface area contributed by atoms with E-state index in [1.165, 1.54) is 25.7 Å². The van der Waals surface area contributed by atoms with Crippen molar-refractivity contribution in [3.05, 3.63) is 0 Å². The third kappa shape index (κ3) is 3.46. The molecule has 1 rings (SSSR count). The fourth-order valence-corrected chi connectivity index (χ4v) is 2.58. The minimum absolute atomic E-state index is 0.0319. The van der Waals surface area contributed by atoms with E-state index in [0.29, 0.717) is 6.04 Å². The van der Waals surface area contributed by atoms with Gasteiger partial charge in [-0.05, 0) is 32.7 Å². The van der Waals surface area contributed by atoms with E-state index in [4.69, 9.17) is 5.84 Å². The van der Waals surface area contributed by atoms with Gasteiger partial charge in [-0.1, -0.05) is 26.2 Å². The standard InChI is InChI=1S/C12H25N3O/c1-3-7-11(12(16)14-13)15-9-6-4-5-8-10(15)2/h10-11H,3-9,13H2,1-2H3,(H,14,16). The Morgan fingerprint density at radius 2 is 2.25 bits per heavy atom. The van der Waals surface area contributed by atoms with E-state index in [0.717, 1.165) is 19.4 Å². The van der Waals surface area contributed by atoms with Gasteiger partial charge in [0.2, 0.25) is 0 Å². The van der Waals surface area contributed by atoms with Gasteiger partial charge < -0.3 is 0 Å². The zero-order valence-electron chi connectivity index (χ0n) is 10.5. The highest BCUT2D eigenvalue weighted by Crippen LogP contribution is 2.21. The average Bonchev–Trinajstić information content (AvgIpc) is 2.50. The lowest BCUT2D eigenvalue weighted by atomic mass is 10.1. The first kappa shape index (κ1) is 13.5. The van der Waals surface area contributed by atoms with Crippen LogP contribution >= 0.6 is 0 Å². The summed E-state index contributed by atoms with van der Waals surface area (Å²) in [5, 5.41) is 0. The molecule has 0 spiro atoms. The monoisotopic (exact) mass is 227 g/mol. The molecule has 3 N–H and O–H groups in total. The Bertz CT molecular complexity index is 220. The van der Waals surface area contributed by atoms with Crippen molar-refractivity contribution in [2.75, 3.05) is 6.54 Å². The smallest absolute Gasteiger partial charge is 0.251 e. The Kier molecular flexibility index (Phi) is 5.77. The lowest BCUT2D eigenvalue weighted by Gasteiger charge is -2.33. The van der Waals surface area contributed by atoms with Crippen molar-refractivity contribution in [2.45, 2.75) is 64.5 Å². The molecular weight excluding hydrogens is 202 g/mol. The van der Waals surface area contributed by atoms with Crippen molar-refractivity contribution in [1.29, 1.82) is 0 Å². The number of carbonyl (C=O) groups is 1. The van der Waals surface area contributed by atoms with Crippen molar-refractivity contribution in [1.82, 2.24) is 10.3 Å². The van der Waals surface area contributed by atoms with Gasteiger partial charge in [-0.3, -0.25) is 15.1 Å². The van der Waals surface area contributed by atoms with Crippen molar-refractivity contribution < 1.29 is 4.79 Å². The van der Waals surface area contributed by atoms with Gasteiger partial charge >= 0.3 is 0 Å². The SMILES string of the molecule is CCCC(C(=O)NN)N1CCCCCC1C. The second-order valence-electron chi connectivity index (χ2n) is 4.75. The summed E-state index contributed by atoms with van der Waals surface area (Å²) < 4.78 is 0. The topological polar surface area (TPSA) is 58.4 Å². The number of amides is 1. The second kappa shape index (κ2) is 6.86. The molecule has 0 aliphatic carbocycles. The molecule has 0 aromatic carbocycles. The third-order valence-corrected chi connectivity index (χ3v) is 3.51. The first-order valence-electron chi connectivity index (χ1n) is 6.47. The predicted molar refractivity (Wildman–Crippen MR) is 65.7 cm³/mol. The molecule has 0 radical (unpaired) electrons. The summed E-state index contributed by atoms with van der Waals surface area (Å²) >= 11 is 0. The molecule has 0 bridgehead atoms. The van der Waals surface area contributed by atoms with E-state index < -0.39 is 0 Å². The highest BCUT2D eigenvalue weighted by Gasteiger charge is 2.28. The van der Waals surface area contributed by atoms with Crippen LogP contribution in [0.25, 0.3) is 0 Å². The number of carbonyl (C=O) groups excluding carboxylic acids is 1. The summed E-state index contributed by atoms with van der Waals surface area (Å²) in [6.07, 6.45) is 6.86. The van der Waals surface area contributed by atoms with Crippen LogP contribution in [0.5, 0.6) is 0 Å². The number of hydrogen-bond acceptors (Lipinski definition) is 3. The number of likely N-dealkylation sites (tertiary alicyclic amines) is 1. The molecule has 1 aliphatic rings. The van der Waals surface area contributed by atoms with Crippen molar-refractivity contribution in [3.63, 3.8) is 0 Å². The molecule has 1 fully saturated rings. The van der Waals surface area contributed by atoms with Crippen LogP contribution < -0.4 is 11.3 Å². The number of nitrogens with one attached hydrogen (secondary N) is 1. The van der Waals surface area contributed by atoms with Crippen LogP contribution in [0.3, 0.4) is 0 Å². The Morgan fingerprint density at radius 3 is 2.88 bits per heavy atom. The van der Waals surface area contributed by atoms with Crippen LogP contribution in [0.2, 0.25) is 0 Å². The first-order valence-corrected chi connectivity index (χ1v) is 6.47. The summed E-state index contributed by atoms with van der Waals surface area (Å²) in [5.41, 5.74) is 2.31. The zero-order valence-corrected chi connectivity index (χ0v) is 10.5. The number of rotatable bonds is 4. The van der Waals surface area contributed by atoms with Gasteiger partial charge in [0, 0.05) is 6.04 Å². The molecule has 0 aromatic rings. The third-order valence-electron chi connectivity index (χ3n) is 3.51. The van der Waals surface area contributed by atoms with Crippen LogP contribution in [0.15, 0.2) is 0 Å². The predicted octanol–water partition coefficient (Wildman–Crippen LogP) is 1.41. The summed E-state index contributed by atoms with van der Waals surface area (Å²) in [6, 6.07) is 0.458.